The Morgan fingerprint density at radius 1 is 1.07 bits per heavy atom. The molecule has 9 heteroatoms. The molecule has 0 aliphatic heterocycles. The second-order valence-corrected chi connectivity index (χ2v) is 8.62. The molecule has 1 amide bonds. The summed E-state index contributed by atoms with van der Waals surface area (Å²) in [6.45, 7) is 7.20. The number of ether oxygens (including phenoxy) is 1. The molecule has 0 aliphatic carbocycles. The van der Waals surface area contributed by atoms with Crippen LogP contribution < -0.4 is 10.1 Å². The van der Waals surface area contributed by atoms with E-state index in [1.165, 1.54) is 46.8 Å². The van der Waals surface area contributed by atoms with Gasteiger partial charge in [-0.05, 0) is 42.5 Å². The minimum absolute atomic E-state index is 0.100. The van der Waals surface area contributed by atoms with Crippen LogP contribution in [0.4, 0.5) is 5.69 Å². The number of sulfonamides is 1. The number of halogens is 2. The largest absolute Gasteiger partial charge is 0.482 e. The number of anilines is 1. The Hall–Kier alpha value is -2.32. The van der Waals surface area contributed by atoms with Gasteiger partial charge in [-0.1, -0.05) is 35.4 Å². The molecule has 0 spiro atoms. The predicted molar refractivity (Wildman–Crippen MR) is 116 cm³/mol. The van der Waals surface area contributed by atoms with Crippen LogP contribution in [0.3, 0.4) is 0 Å². The Bertz CT molecular complexity index is 982. The van der Waals surface area contributed by atoms with Crippen molar-refractivity contribution in [2.45, 2.75) is 4.90 Å². The third-order valence-corrected chi connectivity index (χ3v) is 6.07. The van der Waals surface area contributed by atoms with Gasteiger partial charge in [0.1, 0.15) is 5.75 Å². The van der Waals surface area contributed by atoms with Crippen molar-refractivity contribution in [2.75, 3.05) is 25.0 Å². The number of amides is 1. The number of nitrogens with one attached hydrogen (secondary N) is 1. The lowest BCUT2D eigenvalue weighted by Crippen LogP contribution is -2.31. The predicted octanol–water partition coefficient (Wildman–Crippen LogP) is 4.37. The van der Waals surface area contributed by atoms with Crippen LogP contribution in [0, 0.1) is 0 Å². The van der Waals surface area contributed by atoms with Crippen molar-refractivity contribution >= 4 is 44.8 Å². The second-order valence-electron chi connectivity index (χ2n) is 5.84. The van der Waals surface area contributed by atoms with E-state index in [2.05, 4.69) is 18.5 Å². The molecule has 2 rings (SSSR count). The lowest BCUT2D eigenvalue weighted by molar-refractivity contribution is -0.118. The lowest BCUT2D eigenvalue weighted by Gasteiger charge is -2.19. The van der Waals surface area contributed by atoms with Crippen molar-refractivity contribution in [1.29, 1.82) is 0 Å². The van der Waals surface area contributed by atoms with E-state index in [0.717, 1.165) is 0 Å². The number of benzene rings is 2. The highest BCUT2D eigenvalue weighted by Gasteiger charge is 2.22. The number of rotatable bonds is 10. The molecule has 0 unspecified atom stereocenters. The first-order chi connectivity index (χ1) is 13.8. The molecular formula is C20H20Cl2N2O4S. The SMILES string of the molecule is C=CCN(CC=C)S(=O)(=O)c1ccc(NC(=O)COc2ccc(Cl)cc2Cl)cc1. The van der Waals surface area contributed by atoms with Gasteiger partial charge in [0, 0.05) is 23.8 Å². The smallest absolute Gasteiger partial charge is 0.262 e. The standard InChI is InChI=1S/C20H20Cl2N2O4S/c1-3-11-24(12-4-2)29(26,27)17-8-6-16(7-9-17)23-20(25)14-28-19-10-5-15(21)13-18(19)22/h3-10,13H,1-2,11-12,14H2,(H,23,25). The molecule has 0 bridgehead atoms. The number of nitrogens with zero attached hydrogens (tertiary/aromatic N) is 1. The minimum atomic E-state index is -3.70. The average molecular weight is 455 g/mol. The Morgan fingerprint density at radius 2 is 1.69 bits per heavy atom. The molecule has 29 heavy (non-hydrogen) atoms. The zero-order valence-electron chi connectivity index (χ0n) is 15.5. The van der Waals surface area contributed by atoms with Crippen molar-refractivity contribution in [3.63, 3.8) is 0 Å². The van der Waals surface area contributed by atoms with Gasteiger partial charge in [-0.2, -0.15) is 4.31 Å². The molecule has 0 radical (unpaired) electrons. The zero-order chi connectivity index (χ0) is 21.4. The van der Waals surface area contributed by atoms with E-state index >= 15 is 0 Å². The van der Waals surface area contributed by atoms with Gasteiger partial charge in [0.15, 0.2) is 6.61 Å². The first-order valence-corrected chi connectivity index (χ1v) is 10.7. The summed E-state index contributed by atoms with van der Waals surface area (Å²) in [6.07, 6.45) is 3.01. The molecule has 2 aromatic carbocycles. The molecule has 0 atom stereocenters. The van der Waals surface area contributed by atoms with Crippen molar-refractivity contribution in [3.8, 4) is 5.75 Å². The van der Waals surface area contributed by atoms with Gasteiger partial charge in [0.25, 0.3) is 5.91 Å². The van der Waals surface area contributed by atoms with Crippen LogP contribution in [0.5, 0.6) is 5.75 Å². The van der Waals surface area contributed by atoms with Gasteiger partial charge in [-0.25, -0.2) is 8.42 Å². The van der Waals surface area contributed by atoms with E-state index in [1.807, 2.05) is 0 Å². The third kappa shape index (κ3) is 6.33. The summed E-state index contributed by atoms with van der Waals surface area (Å²) in [5.74, 6) is -0.0937. The number of hydrogen-bond donors (Lipinski definition) is 1. The van der Waals surface area contributed by atoms with E-state index in [9.17, 15) is 13.2 Å². The first-order valence-electron chi connectivity index (χ1n) is 8.47. The Balaban J connectivity index is 2.01. The fourth-order valence-electron chi connectivity index (χ4n) is 2.35. The van der Waals surface area contributed by atoms with Gasteiger partial charge in [0.2, 0.25) is 10.0 Å². The van der Waals surface area contributed by atoms with Crippen LogP contribution >= 0.6 is 23.2 Å². The van der Waals surface area contributed by atoms with Gasteiger partial charge in [-0.3, -0.25) is 4.79 Å². The van der Waals surface area contributed by atoms with Crippen LogP contribution in [0.15, 0.2) is 72.7 Å². The minimum Gasteiger partial charge on any atom is -0.482 e. The van der Waals surface area contributed by atoms with Gasteiger partial charge >= 0.3 is 0 Å². The summed E-state index contributed by atoms with van der Waals surface area (Å²) in [6, 6.07) is 10.5. The Morgan fingerprint density at radius 3 is 2.24 bits per heavy atom. The Labute approximate surface area is 180 Å². The lowest BCUT2D eigenvalue weighted by atomic mass is 10.3. The third-order valence-electron chi connectivity index (χ3n) is 3.69. The first kappa shape index (κ1) is 23.0. The molecule has 0 saturated carbocycles. The highest BCUT2D eigenvalue weighted by molar-refractivity contribution is 7.89. The molecule has 0 aromatic heterocycles. The molecule has 0 saturated heterocycles. The van der Waals surface area contributed by atoms with Gasteiger partial charge in [-0.15, -0.1) is 13.2 Å². The molecule has 0 aliphatic rings. The van der Waals surface area contributed by atoms with Crippen LogP contribution in [0.25, 0.3) is 0 Å². The van der Waals surface area contributed by atoms with Crippen LogP contribution in [0.1, 0.15) is 0 Å². The number of carbonyl (C=O) groups excluding carboxylic acids is 1. The van der Waals surface area contributed by atoms with Crippen molar-refractivity contribution in [1.82, 2.24) is 4.31 Å². The number of carbonyl (C=O) groups is 1. The van der Waals surface area contributed by atoms with E-state index in [-0.39, 0.29) is 24.6 Å². The quantitative estimate of drug-likeness (QED) is 0.540. The van der Waals surface area contributed by atoms with Crippen LogP contribution in [0.2, 0.25) is 10.0 Å². The van der Waals surface area contributed by atoms with Crippen LogP contribution in [-0.4, -0.2) is 38.3 Å². The molecule has 1 N–H and O–H groups in total. The Kier molecular flexibility index (Phi) is 8.28. The van der Waals surface area contributed by atoms with E-state index in [0.29, 0.717) is 21.5 Å². The summed E-state index contributed by atoms with van der Waals surface area (Å²) in [5.41, 5.74) is 0.429. The summed E-state index contributed by atoms with van der Waals surface area (Å²) in [5, 5.41) is 3.38. The summed E-state index contributed by atoms with van der Waals surface area (Å²) in [7, 11) is -3.70. The van der Waals surface area contributed by atoms with E-state index in [4.69, 9.17) is 27.9 Å². The van der Waals surface area contributed by atoms with Gasteiger partial charge < -0.3 is 10.1 Å². The van der Waals surface area contributed by atoms with E-state index < -0.39 is 15.9 Å². The molecule has 0 fully saturated rings. The fourth-order valence-corrected chi connectivity index (χ4v) is 4.20. The maximum Gasteiger partial charge on any atom is 0.262 e. The second kappa shape index (κ2) is 10.5. The molecule has 154 valence electrons. The maximum atomic E-state index is 12.7. The highest BCUT2D eigenvalue weighted by Crippen LogP contribution is 2.27. The summed E-state index contributed by atoms with van der Waals surface area (Å²) >= 11 is 11.8. The van der Waals surface area contributed by atoms with E-state index in [1.54, 1.807) is 12.1 Å². The highest BCUT2D eigenvalue weighted by atomic mass is 35.5. The molecule has 6 nitrogen and oxygen atoms in total. The normalized spacial score (nSPS) is 11.1. The van der Waals surface area contributed by atoms with Crippen molar-refractivity contribution in [3.05, 3.63) is 77.8 Å². The number of hydrogen-bond acceptors (Lipinski definition) is 4. The monoisotopic (exact) mass is 454 g/mol. The topological polar surface area (TPSA) is 75.7 Å². The van der Waals surface area contributed by atoms with Crippen LogP contribution in [-0.2, 0) is 14.8 Å². The van der Waals surface area contributed by atoms with Crippen molar-refractivity contribution < 1.29 is 17.9 Å². The summed E-state index contributed by atoms with van der Waals surface area (Å²) < 4.78 is 31.9. The fraction of sp³-hybridized carbons (Fsp3) is 0.150. The maximum absolute atomic E-state index is 12.7. The average Bonchev–Trinajstić information content (AvgIpc) is 2.67. The molecule has 2 aromatic rings. The molecular weight excluding hydrogens is 435 g/mol. The summed E-state index contributed by atoms with van der Waals surface area (Å²) in [4.78, 5) is 12.2. The van der Waals surface area contributed by atoms with Crippen molar-refractivity contribution in [2.24, 2.45) is 0 Å². The molecule has 0 heterocycles. The zero-order valence-corrected chi connectivity index (χ0v) is 17.8. The van der Waals surface area contributed by atoms with Gasteiger partial charge in [0.05, 0.1) is 9.92 Å².